The standard InChI is InChI=1S/C19H30N8/c20-18-23-19(21,25-24-18)15-5-6-16(22-14-15)4-3-9-26-12-7-17(8-13-26)27-10-1-2-11-27/h3-6,14,17,25H,1-2,7-13,21H2,(H3,20,23,24)/b4-3+. The minimum absolute atomic E-state index is 0.273. The molecule has 0 saturated carbocycles. The van der Waals surface area contributed by atoms with Crippen LogP contribution in [0.15, 0.2) is 29.4 Å². The third kappa shape index (κ3) is 4.30. The summed E-state index contributed by atoms with van der Waals surface area (Å²) >= 11 is 0. The van der Waals surface area contributed by atoms with Crippen molar-refractivity contribution in [3.8, 4) is 0 Å². The highest BCUT2D eigenvalue weighted by molar-refractivity contribution is 5.79. The molecular formula is C19H30N8. The number of guanidine groups is 1. The fraction of sp³-hybridized carbons (Fsp3) is 0.579. The van der Waals surface area contributed by atoms with Crippen molar-refractivity contribution in [1.29, 1.82) is 0 Å². The molecule has 1 unspecified atom stereocenters. The lowest BCUT2D eigenvalue weighted by molar-refractivity contribution is 0.135. The van der Waals surface area contributed by atoms with E-state index >= 15 is 0 Å². The number of nitrogens with two attached hydrogens (primary N) is 2. The first-order valence-electron chi connectivity index (χ1n) is 9.89. The lowest BCUT2D eigenvalue weighted by Crippen LogP contribution is -2.50. The topological polar surface area (TPSA) is 108 Å². The van der Waals surface area contributed by atoms with E-state index in [1.165, 1.54) is 51.9 Å². The molecule has 4 rings (SSSR count). The molecule has 1 aromatic heterocycles. The van der Waals surface area contributed by atoms with Gasteiger partial charge in [-0.05, 0) is 64.0 Å². The van der Waals surface area contributed by atoms with Gasteiger partial charge in [0, 0.05) is 24.3 Å². The number of hydrogen-bond donors (Lipinski definition) is 4. The third-order valence-electron chi connectivity index (χ3n) is 5.77. The summed E-state index contributed by atoms with van der Waals surface area (Å²) < 4.78 is 0. The maximum absolute atomic E-state index is 6.17. The van der Waals surface area contributed by atoms with Gasteiger partial charge in [0.25, 0.3) is 0 Å². The van der Waals surface area contributed by atoms with Crippen LogP contribution in [-0.4, -0.2) is 59.5 Å². The lowest BCUT2D eigenvalue weighted by Gasteiger charge is -2.36. The van der Waals surface area contributed by atoms with E-state index in [2.05, 4.69) is 42.8 Å². The van der Waals surface area contributed by atoms with Gasteiger partial charge in [-0.15, -0.1) is 0 Å². The predicted octanol–water partition coefficient (Wildman–Crippen LogP) is 0.147. The van der Waals surface area contributed by atoms with Crippen LogP contribution in [0.1, 0.15) is 36.9 Å². The van der Waals surface area contributed by atoms with E-state index in [1.54, 1.807) is 6.20 Å². The highest BCUT2D eigenvalue weighted by atomic mass is 15.6. The average molecular weight is 371 g/mol. The average Bonchev–Trinajstić information content (AvgIpc) is 3.33. The van der Waals surface area contributed by atoms with E-state index in [0.29, 0.717) is 0 Å². The van der Waals surface area contributed by atoms with Crippen LogP contribution in [0.2, 0.25) is 0 Å². The molecule has 0 bridgehead atoms. The van der Waals surface area contributed by atoms with Gasteiger partial charge < -0.3 is 10.6 Å². The normalized spacial score (nSPS) is 28.0. The Bertz CT molecular complexity index is 686. The molecule has 0 aliphatic carbocycles. The summed E-state index contributed by atoms with van der Waals surface area (Å²) in [6.45, 7) is 5.96. The van der Waals surface area contributed by atoms with Gasteiger partial charge in [0.2, 0.25) is 11.7 Å². The van der Waals surface area contributed by atoms with Crippen LogP contribution in [0.5, 0.6) is 0 Å². The van der Waals surface area contributed by atoms with Gasteiger partial charge in [0.15, 0.2) is 0 Å². The largest absolute Gasteiger partial charge is 0.369 e. The molecule has 0 amide bonds. The van der Waals surface area contributed by atoms with Crippen LogP contribution in [0, 0.1) is 0 Å². The highest BCUT2D eigenvalue weighted by Crippen LogP contribution is 2.21. The van der Waals surface area contributed by atoms with Gasteiger partial charge >= 0.3 is 0 Å². The molecule has 146 valence electrons. The number of aromatic nitrogens is 1. The molecule has 6 N–H and O–H groups in total. The van der Waals surface area contributed by atoms with Gasteiger partial charge in [-0.3, -0.25) is 21.0 Å². The van der Waals surface area contributed by atoms with Crippen LogP contribution in [-0.2, 0) is 5.79 Å². The van der Waals surface area contributed by atoms with E-state index in [9.17, 15) is 0 Å². The summed E-state index contributed by atoms with van der Waals surface area (Å²) in [5, 5.41) is 0. The number of rotatable bonds is 5. The van der Waals surface area contributed by atoms with E-state index in [4.69, 9.17) is 11.5 Å². The number of piperidine rings is 1. The van der Waals surface area contributed by atoms with E-state index in [0.717, 1.165) is 23.8 Å². The second-order valence-corrected chi connectivity index (χ2v) is 7.66. The molecule has 2 fully saturated rings. The minimum Gasteiger partial charge on any atom is -0.369 e. The second kappa shape index (κ2) is 7.93. The number of nitrogens with one attached hydrogen (secondary N) is 2. The van der Waals surface area contributed by atoms with Crippen molar-refractivity contribution < 1.29 is 0 Å². The summed E-state index contributed by atoms with van der Waals surface area (Å²) in [5.74, 6) is -0.783. The van der Waals surface area contributed by atoms with Crippen LogP contribution in [0.3, 0.4) is 0 Å². The van der Waals surface area contributed by atoms with E-state index < -0.39 is 5.79 Å². The SMILES string of the molecule is NC1=NC(N)(c2ccc(/C=C/CN3CCC(N4CCCC4)CC3)nc2)NN1. The molecule has 3 aliphatic heterocycles. The lowest BCUT2D eigenvalue weighted by atomic mass is 10.0. The molecule has 0 radical (unpaired) electrons. The summed E-state index contributed by atoms with van der Waals surface area (Å²) in [4.78, 5) is 13.8. The quantitative estimate of drug-likeness (QED) is 0.584. The van der Waals surface area contributed by atoms with Gasteiger partial charge in [0.1, 0.15) is 0 Å². The number of nitrogens with zero attached hydrogens (tertiary/aromatic N) is 4. The highest BCUT2D eigenvalue weighted by Gasteiger charge is 2.31. The van der Waals surface area contributed by atoms with Crippen molar-refractivity contribution in [2.45, 2.75) is 37.5 Å². The number of pyridine rings is 1. The number of hydrogen-bond acceptors (Lipinski definition) is 8. The number of hydrazine groups is 1. The summed E-state index contributed by atoms with van der Waals surface area (Å²) in [7, 11) is 0. The fourth-order valence-electron chi connectivity index (χ4n) is 4.17. The van der Waals surface area contributed by atoms with Crippen molar-refractivity contribution in [3.63, 3.8) is 0 Å². The monoisotopic (exact) mass is 370 g/mol. The van der Waals surface area contributed by atoms with Crippen LogP contribution in [0.25, 0.3) is 6.08 Å². The van der Waals surface area contributed by atoms with Gasteiger partial charge in [-0.2, -0.15) is 5.43 Å². The van der Waals surface area contributed by atoms with Crippen LogP contribution in [0.4, 0.5) is 0 Å². The van der Waals surface area contributed by atoms with Crippen molar-refractivity contribution in [1.82, 2.24) is 25.6 Å². The third-order valence-corrected chi connectivity index (χ3v) is 5.77. The van der Waals surface area contributed by atoms with Crippen molar-refractivity contribution in [3.05, 3.63) is 35.7 Å². The second-order valence-electron chi connectivity index (χ2n) is 7.66. The van der Waals surface area contributed by atoms with Crippen molar-refractivity contribution in [2.75, 3.05) is 32.7 Å². The van der Waals surface area contributed by atoms with Gasteiger partial charge in [-0.25, -0.2) is 4.99 Å². The molecular weight excluding hydrogens is 340 g/mol. The first kappa shape index (κ1) is 18.4. The van der Waals surface area contributed by atoms with Gasteiger partial charge in [-0.1, -0.05) is 12.1 Å². The smallest absolute Gasteiger partial charge is 0.210 e. The van der Waals surface area contributed by atoms with E-state index in [1.807, 2.05) is 12.1 Å². The fourth-order valence-corrected chi connectivity index (χ4v) is 4.17. The van der Waals surface area contributed by atoms with Crippen molar-refractivity contribution >= 4 is 12.0 Å². The van der Waals surface area contributed by atoms with Crippen LogP contribution < -0.4 is 22.3 Å². The van der Waals surface area contributed by atoms with Gasteiger partial charge in [0.05, 0.1) is 5.69 Å². The maximum atomic E-state index is 6.17. The Balaban J connectivity index is 1.25. The summed E-state index contributed by atoms with van der Waals surface area (Å²) in [6.07, 6.45) is 11.4. The summed E-state index contributed by atoms with van der Waals surface area (Å²) in [5.41, 5.74) is 19.0. The molecule has 1 aromatic rings. The molecule has 0 aromatic carbocycles. The maximum Gasteiger partial charge on any atom is 0.210 e. The zero-order valence-corrected chi connectivity index (χ0v) is 15.8. The first-order valence-corrected chi connectivity index (χ1v) is 9.89. The summed E-state index contributed by atoms with van der Waals surface area (Å²) in [6, 6.07) is 4.68. The Morgan fingerprint density at radius 2 is 1.96 bits per heavy atom. The molecule has 3 aliphatic rings. The Morgan fingerprint density at radius 1 is 1.19 bits per heavy atom. The molecule has 1 atom stereocenters. The predicted molar refractivity (Wildman–Crippen MR) is 107 cm³/mol. The molecule has 0 spiro atoms. The minimum atomic E-state index is -1.06. The van der Waals surface area contributed by atoms with Crippen LogP contribution >= 0.6 is 0 Å². The Hall–Kier alpha value is -2.00. The molecule has 2 saturated heterocycles. The molecule has 8 heteroatoms. The Kier molecular flexibility index (Phi) is 5.40. The molecule has 27 heavy (non-hydrogen) atoms. The zero-order chi connectivity index (χ0) is 18.7. The van der Waals surface area contributed by atoms with E-state index in [-0.39, 0.29) is 5.96 Å². The first-order chi connectivity index (χ1) is 13.1. The zero-order valence-electron chi connectivity index (χ0n) is 15.8. The number of likely N-dealkylation sites (tertiary alicyclic amines) is 2. The number of aliphatic imine (C=N–C) groups is 1. The van der Waals surface area contributed by atoms with Crippen molar-refractivity contribution in [2.24, 2.45) is 16.5 Å². The Morgan fingerprint density at radius 3 is 2.59 bits per heavy atom. The molecule has 4 heterocycles. The molecule has 8 nitrogen and oxygen atoms in total. The Labute approximate surface area is 160 Å².